The van der Waals surface area contributed by atoms with Gasteiger partial charge < -0.3 is 19.3 Å². The average molecular weight is 479 g/mol. The maximum atomic E-state index is 13.4. The van der Waals surface area contributed by atoms with Gasteiger partial charge in [-0.1, -0.05) is 18.7 Å². The fourth-order valence-electron chi connectivity index (χ4n) is 4.53. The summed E-state index contributed by atoms with van der Waals surface area (Å²) in [6.45, 7) is 10.9. The summed E-state index contributed by atoms with van der Waals surface area (Å²) >= 11 is 6.64. The van der Waals surface area contributed by atoms with Crippen LogP contribution in [0.25, 0.3) is 0 Å². The maximum absolute atomic E-state index is 13.4. The van der Waals surface area contributed by atoms with Crippen molar-refractivity contribution in [2.45, 2.75) is 69.8 Å². The SMILES string of the molecule is C=C1C(OC(C)=O)CC=CC2=C(C)C(=CC3(O)C(C)C(=O)OC3C1Cl)C(C)(OC(C)=O)C2=O. The number of ketones is 1. The zero-order valence-corrected chi connectivity index (χ0v) is 19.9. The van der Waals surface area contributed by atoms with E-state index in [1.165, 1.54) is 33.8 Å². The molecule has 0 aromatic heterocycles. The number of allylic oxidation sites excluding steroid dienone is 1. The molecule has 6 unspecified atom stereocenters. The third-order valence-corrected chi connectivity index (χ3v) is 6.96. The Morgan fingerprint density at radius 2 is 1.91 bits per heavy atom. The summed E-state index contributed by atoms with van der Waals surface area (Å²) in [5, 5.41) is 10.6. The lowest BCUT2D eigenvalue weighted by molar-refractivity contribution is -0.157. The van der Waals surface area contributed by atoms with Crippen LogP contribution in [-0.2, 0) is 33.4 Å². The molecule has 0 aromatic carbocycles. The Balaban J connectivity index is 2.28. The molecular weight excluding hydrogens is 452 g/mol. The lowest BCUT2D eigenvalue weighted by Crippen LogP contribution is -2.49. The molecule has 3 aliphatic rings. The highest BCUT2D eigenvalue weighted by Crippen LogP contribution is 2.46. The molecule has 0 aromatic rings. The molecule has 2 bridgehead atoms. The zero-order chi connectivity index (χ0) is 24.9. The second-order valence-electron chi connectivity index (χ2n) is 8.73. The first kappa shape index (κ1) is 24.9. The van der Waals surface area contributed by atoms with Crippen molar-refractivity contribution < 1.29 is 38.5 Å². The number of hydrogen-bond donors (Lipinski definition) is 1. The molecule has 1 N–H and O–H groups in total. The van der Waals surface area contributed by atoms with Crippen LogP contribution < -0.4 is 0 Å². The molecule has 0 saturated carbocycles. The minimum atomic E-state index is -1.97. The van der Waals surface area contributed by atoms with E-state index in [1.807, 2.05) is 0 Å². The van der Waals surface area contributed by atoms with Crippen LogP contribution in [0.1, 0.15) is 41.0 Å². The van der Waals surface area contributed by atoms with Gasteiger partial charge in [0.2, 0.25) is 5.78 Å². The number of halogens is 1. The van der Waals surface area contributed by atoms with Crippen LogP contribution in [0.2, 0.25) is 0 Å². The molecule has 3 rings (SSSR count). The minimum Gasteiger partial charge on any atom is -0.458 e. The van der Waals surface area contributed by atoms with Gasteiger partial charge in [-0.2, -0.15) is 0 Å². The van der Waals surface area contributed by atoms with E-state index in [2.05, 4.69) is 6.58 Å². The van der Waals surface area contributed by atoms with Crippen molar-refractivity contribution >= 4 is 35.3 Å². The Morgan fingerprint density at radius 3 is 2.48 bits per heavy atom. The highest BCUT2D eigenvalue weighted by molar-refractivity contribution is 6.23. The molecule has 9 heteroatoms. The summed E-state index contributed by atoms with van der Waals surface area (Å²) < 4.78 is 16.2. The first-order chi connectivity index (χ1) is 15.2. The van der Waals surface area contributed by atoms with Crippen molar-refractivity contribution in [3.8, 4) is 0 Å². The molecular formula is C24H27ClO8. The first-order valence-corrected chi connectivity index (χ1v) is 11.0. The minimum absolute atomic E-state index is 0.129. The van der Waals surface area contributed by atoms with Crippen molar-refractivity contribution in [2.24, 2.45) is 5.92 Å². The molecule has 6 atom stereocenters. The van der Waals surface area contributed by atoms with Gasteiger partial charge in [0.25, 0.3) is 0 Å². The van der Waals surface area contributed by atoms with Crippen molar-refractivity contribution in [2.75, 3.05) is 0 Å². The molecule has 0 spiro atoms. The molecule has 1 aliphatic heterocycles. The van der Waals surface area contributed by atoms with Gasteiger partial charge in [0.1, 0.15) is 11.7 Å². The van der Waals surface area contributed by atoms with Gasteiger partial charge in [-0.05, 0) is 38.0 Å². The van der Waals surface area contributed by atoms with Gasteiger partial charge in [-0.15, -0.1) is 11.6 Å². The van der Waals surface area contributed by atoms with E-state index in [9.17, 15) is 24.3 Å². The Hall–Kier alpha value is -2.71. The van der Waals surface area contributed by atoms with E-state index >= 15 is 0 Å². The summed E-state index contributed by atoms with van der Waals surface area (Å²) in [4.78, 5) is 49.4. The zero-order valence-electron chi connectivity index (χ0n) is 19.1. The van der Waals surface area contributed by atoms with Crippen molar-refractivity contribution in [1.82, 2.24) is 0 Å². The summed E-state index contributed by atoms with van der Waals surface area (Å²) in [6.07, 6.45) is 2.46. The summed E-state index contributed by atoms with van der Waals surface area (Å²) in [6, 6.07) is 0. The summed E-state index contributed by atoms with van der Waals surface area (Å²) in [5.74, 6) is -3.50. The van der Waals surface area contributed by atoms with Gasteiger partial charge >= 0.3 is 17.9 Å². The molecule has 0 radical (unpaired) electrons. The van der Waals surface area contributed by atoms with Crippen molar-refractivity contribution in [1.29, 1.82) is 0 Å². The Kier molecular flexibility index (Phi) is 6.47. The monoisotopic (exact) mass is 478 g/mol. The predicted molar refractivity (Wildman–Crippen MR) is 118 cm³/mol. The van der Waals surface area contributed by atoms with Crippen LogP contribution in [0.5, 0.6) is 0 Å². The highest BCUT2D eigenvalue weighted by Gasteiger charge is 2.59. The van der Waals surface area contributed by atoms with Gasteiger partial charge in [-0.25, -0.2) is 0 Å². The normalized spacial score (nSPS) is 36.5. The fourth-order valence-corrected chi connectivity index (χ4v) is 4.93. The van der Waals surface area contributed by atoms with E-state index in [4.69, 9.17) is 25.8 Å². The molecule has 178 valence electrons. The summed E-state index contributed by atoms with van der Waals surface area (Å²) in [7, 11) is 0. The number of hydrogen-bond acceptors (Lipinski definition) is 8. The average Bonchev–Trinajstić information content (AvgIpc) is 3.03. The number of ether oxygens (including phenoxy) is 3. The van der Waals surface area contributed by atoms with E-state index in [0.29, 0.717) is 5.57 Å². The van der Waals surface area contributed by atoms with Crippen LogP contribution in [0.4, 0.5) is 0 Å². The maximum Gasteiger partial charge on any atom is 0.312 e. The van der Waals surface area contributed by atoms with E-state index in [1.54, 1.807) is 19.1 Å². The largest absolute Gasteiger partial charge is 0.458 e. The third-order valence-electron chi connectivity index (χ3n) is 6.45. The number of Topliss-reactive ketones (excluding diaryl/α,β-unsaturated/α-hetero) is 1. The van der Waals surface area contributed by atoms with E-state index < -0.39 is 58.4 Å². The van der Waals surface area contributed by atoms with Crippen LogP contribution in [0, 0.1) is 5.92 Å². The third kappa shape index (κ3) is 4.06. The lowest BCUT2D eigenvalue weighted by atomic mass is 9.79. The molecule has 1 heterocycles. The topological polar surface area (TPSA) is 116 Å². The molecule has 1 fully saturated rings. The summed E-state index contributed by atoms with van der Waals surface area (Å²) in [5.41, 5.74) is -2.49. The van der Waals surface area contributed by atoms with E-state index in [0.717, 1.165) is 0 Å². The second-order valence-corrected chi connectivity index (χ2v) is 9.20. The lowest BCUT2D eigenvalue weighted by Gasteiger charge is -2.34. The Morgan fingerprint density at radius 1 is 1.27 bits per heavy atom. The molecule has 8 nitrogen and oxygen atoms in total. The van der Waals surface area contributed by atoms with Gasteiger partial charge in [0.15, 0.2) is 11.7 Å². The number of alkyl halides is 1. The van der Waals surface area contributed by atoms with Gasteiger partial charge in [-0.3, -0.25) is 19.2 Å². The van der Waals surface area contributed by atoms with Crippen LogP contribution in [0.15, 0.2) is 47.1 Å². The molecule has 1 saturated heterocycles. The number of carbonyl (C=O) groups is 4. The van der Waals surface area contributed by atoms with Crippen molar-refractivity contribution in [3.05, 3.63) is 47.1 Å². The van der Waals surface area contributed by atoms with Crippen molar-refractivity contribution in [3.63, 3.8) is 0 Å². The predicted octanol–water partition coefficient (Wildman–Crippen LogP) is 2.48. The molecule has 2 aliphatic carbocycles. The van der Waals surface area contributed by atoms with Crippen LogP contribution in [-0.4, -0.2) is 57.6 Å². The fraction of sp³-hybridized carbons (Fsp3) is 0.500. The number of fused-ring (bicyclic) bond motifs is 2. The smallest absolute Gasteiger partial charge is 0.312 e. The number of aliphatic hydroxyl groups is 1. The standard InChI is InChI=1S/C24H27ClO8/c1-11-16-8-7-9-18(31-14(4)26)12(2)19(25)21-24(30,13(3)22(29)32-21)10-17(11)23(6,20(16)28)33-15(5)27/h7-8,10,13,18-19,21,30H,2,9H2,1,3-6H3. The van der Waals surface area contributed by atoms with Gasteiger partial charge in [0, 0.05) is 31.4 Å². The quantitative estimate of drug-likeness (QED) is 0.278. The number of carbonyl (C=O) groups excluding carboxylic acids is 4. The second kappa shape index (κ2) is 8.57. The Bertz CT molecular complexity index is 1040. The van der Waals surface area contributed by atoms with Crippen LogP contribution >= 0.6 is 11.6 Å². The number of rotatable bonds is 2. The molecule has 0 amide bonds. The van der Waals surface area contributed by atoms with Gasteiger partial charge in [0.05, 0.1) is 11.3 Å². The molecule has 33 heavy (non-hydrogen) atoms. The highest BCUT2D eigenvalue weighted by atomic mass is 35.5. The van der Waals surface area contributed by atoms with E-state index in [-0.39, 0.29) is 23.1 Å². The number of esters is 3. The Labute approximate surface area is 196 Å². The first-order valence-electron chi connectivity index (χ1n) is 10.5. The van der Waals surface area contributed by atoms with Crippen LogP contribution in [0.3, 0.4) is 0 Å².